The predicted octanol–water partition coefficient (Wildman–Crippen LogP) is 1.88. The summed E-state index contributed by atoms with van der Waals surface area (Å²) in [6.07, 6.45) is 1.86. The van der Waals surface area contributed by atoms with E-state index in [-0.39, 0.29) is 0 Å². The van der Waals surface area contributed by atoms with Crippen molar-refractivity contribution in [3.8, 4) is 0 Å². The van der Waals surface area contributed by atoms with Crippen molar-refractivity contribution < 1.29 is 0 Å². The molecular formula is C8H8ClN3. The van der Waals surface area contributed by atoms with Gasteiger partial charge in [-0.3, -0.25) is 0 Å². The van der Waals surface area contributed by atoms with Crippen LogP contribution in [-0.2, 0) is 0 Å². The number of anilines is 1. The van der Waals surface area contributed by atoms with Crippen LogP contribution in [0, 0.1) is 6.92 Å². The number of fused-ring (bicyclic) bond motifs is 1. The molecule has 2 rings (SSSR count). The van der Waals surface area contributed by atoms with Crippen LogP contribution in [0.2, 0.25) is 5.02 Å². The Labute approximate surface area is 74.8 Å². The van der Waals surface area contributed by atoms with Gasteiger partial charge in [-0.05, 0) is 19.1 Å². The summed E-state index contributed by atoms with van der Waals surface area (Å²) in [6, 6.07) is 3.61. The van der Waals surface area contributed by atoms with Gasteiger partial charge in [0, 0.05) is 11.2 Å². The van der Waals surface area contributed by atoms with Crippen LogP contribution in [0.25, 0.3) is 5.52 Å². The molecule has 0 aromatic carbocycles. The number of nitrogen functional groups attached to an aromatic ring is 1. The number of aromatic nitrogens is 2. The Bertz CT molecular complexity index is 433. The molecular weight excluding hydrogens is 174 g/mol. The zero-order valence-electron chi connectivity index (χ0n) is 6.58. The van der Waals surface area contributed by atoms with Gasteiger partial charge in [-0.15, -0.1) is 0 Å². The van der Waals surface area contributed by atoms with Crippen LogP contribution in [0.4, 0.5) is 5.82 Å². The van der Waals surface area contributed by atoms with Crippen molar-refractivity contribution >= 4 is 22.9 Å². The number of nitrogens with zero attached hydrogens (tertiary/aromatic N) is 2. The fourth-order valence-electron chi connectivity index (χ4n) is 1.24. The monoisotopic (exact) mass is 181 g/mol. The smallest absolute Gasteiger partial charge is 0.149 e. The first-order valence-electron chi connectivity index (χ1n) is 3.58. The van der Waals surface area contributed by atoms with Crippen LogP contribution in [0.5, 0.6) is 0 Å². The molecule has 0 saturated heterocycles. The number of nitrogens with two attached hydrogens (primary N) is 1. The van der Waals surface area contributed by atoms with Crippen LogP contribution in [0.15, 0.2) is 18.3 Å². The molecule has 0 atom stereocenters. The lowest BCUT2D eigenvalue weighted by molar-refractivity contribution is 1.05. The van der Waals surface area contributed by atoms with E-state index in [4.69, 9.17) is 17.3 Å². The highest BCUT2D eigenvalue weighted by Crippen LogP contribution is 2.18. The van der Waals surface area contributed by atoms with E-state index in [0.717, 1.165) is 11.3 Å². The van der Waals surface area contributed by atoms with Gasteiger partial charge < -0.3 is 10.1 Å². The van der Waals surface area contributed by atoms with E-state index in [2.05, 4.69) is 4.98 Å². The Morgan fingerprint density at radius 3 is 3.08 bits per heavy atom. The van der Waals surface area contributed by atoms with Crippen molar-refractivity contribution in [3.63, 3.8) is 0 Å². The highest BCUT2D eigenvalue weighted by atomic mass is 35.5. The lowest BCUT2D eigenvalue weighted by Gasteiger charge is -1.95. The maximum absolute atomic E-state index is 5.80. The van der Waals surface area contributed by atoms with Gasteiger partial charge in [-0.1, -0.05) is 11.6 Å². The standard InChI is InChI=1S/C8H8ClN3/c1-5-11-8(10)7-4-6(9)2-3-12(5)7/h2-4H,10H2,1H3. The fourth-order valence-corrected chi connectivity index (χ4v) is 1.40. The van der Waals surface area contributed by atoms with Gasteiger partial charge in [0.1, 0.15) is 11.6 Å². The molecule has 2 heterocycles. The van der Waals surface area contributed by atoms with E-state index in [1.807, 2.05) is 23.6 Å². The Morgan fingerprint density at radius 1 is 1.58 bits per heavy atom. The first kappa shape index (κ1) is 7.43. The topological polar surface area (TPSA) is 43.3 Å². The second-order valence-electron chi connectivity index (χ2n) is 2.64. The highest BCUT2D eigenvalue weighted by Gasteiger charge is 2.03. The maximum Gasteiger partial charge on any atom is 0.149 e. The maximum atomic E-state index is 5.80. The van der Waals surface area contributed by atoms with Gasteiger partial charge in [0.2, 0.25) is 0 Å². The summed E-state index contributed by atoms with van der Waals surface area (Å²) < 4.78 is 1.90. The van der Waals surface area contributed by atoms with E-state index in [0.29, 0.717) is 10.8 Å². The lowest BCUT2D eigenvalue weighted by atomic mass is 10.4. The second kappa shape index (κ2) is 2.38. The molecule has 12 heavy (non-hydrogen) atoms. The van der Waals surface area contributed by atoms with Gasteiger partial charge in [0.25, 0.3) is 0 Å². The van der Waals surface area contributed by atoms with Crippen LogP contribution >= 0.6 is 11.6 Å². The molecule has 0 aliphatic carbocycles. The van der Waals surface area contributed by atoms with E-state index in [1.165, 1.54) is 0 Å². The summed E-state index contributed by atoms with van der Waals surface area (Å²) >= 11 is 5.80. The van der Waals surface area contributed by atoms with Crippen molar-refractivity contribution in [3.05, 3.63) is 29.2 Å². The zero-order valence-corrected chi connectivity index (χ0v) is 7.34. The molecule has 0 saturated carbocycles. The fraction of sp³-hybridized carbons (Fsp3) is 0.125. The molecule has 0 aliphatic rings. The molecule has 4 heteroatoms. The Morgan fingerprint density at radius 2 is 2.33 bits per heavy atom. The van der Waals surface area contributed by atoms with Crippen LogP contribution in [0.1, 0.15) is 5.82 Å². The molecule has 0 aliphatic heterocycles. The lowest BCUT2D eigenvalue weighted by Crippen LogP contribution is -1.86. The largest absolute Gasteiger partial charge is 0.382 e. The molecule has 0 amide bonds. The van der Waals surface area contributed by atoms with Crippen LogP contribution in [-0.4, -0.2) is 9.38 Å². The molecule has 2 aromatic heterocycles. The van der Waals surface area contributed by atoms with Crippen LogP contribution in [0.3, 0.4) is 0 Å². The Kier molecular flexibility index (Phi) is 1.48. The predicted molar refractivity (Wildman–Crippen MR) is 49.4 cm³/mol. The summed E-state index contributed by atoms with van der Waals surface area (Å²) in [5, 5.41) is 0.675. The van der Waals surface area contributed by atoms with Gasteiger partial charge in [-0.2, -0.15) is 0 Å². The zero-order chi connectivity index (χ0) is 8.72. The van der Waals surface area contributed by atoms with E-state index in [1.54, 1.807) is 6.07 Å². The average molecular weight is 182 g/mol. The SMILES string of the molecule is Cc1nc(N)c2cc(Cl)ccn12. The highest BCUT2D eigenvalue weighted by molar-refractivity contribution is 6.31. The van der Waals surface area contributed by atoms with E-state index >= 15 is 0 Å². The van der Waals surface area contributed by atoms with Crippen molar-refractivity contribution in [2.75, 3.05) is 5.73 Å². The number of rotatable bonds is 0. The summed E-state index contributed by atoms with van der Waals surface area (Å²) in [5.74, 6) is 1.40. The molecule has 0 spiro atoms. The molecule has 0 radical (unpaired) electrons. The second-order valence-corrected chi connectivity index (χ2v) is 3.08. The van der Waals surface area contributed by atoms with Crippen LogP contribution < -0.4 is 5.73 Å². The number of pyridine rings is 1. The first-order chi connectivity index (χ1) is 5.68. The summed E-state index contributed by atoms with van der Waals surface area (Å²) in [4.78, 5) is 4.11. The molecule has 2 N–H and O–H groups in total. The van der Waals surface area contributed by atoms with E-state index < -0.39 is 0 Å². The summed E-state index contributed by atoms with van der Waals surface area (Å²) in [5.41, 5.74) is 6.52. The Hall–Kier alpha value is -1.22. The number of hydrogen-bond acceptors (Lipinski definition) is 2. The third kappa shape index (κ3) is 0.940. The van der Waals surface area contributed by atoms with Crippen molar-refractivity contribution in [2.45, 2.75) is 6.92 Å². The molecule has 2 aromatic rings. The van der Waals surface area contributed by atoms with Gasteiger partial charge in [-0.25, -0.2) is 4.98 Å². The number of aryl methyl sites for hydroxylation is 1. The van der Waals surface area contributed by atoms with Gasteiger partial charge in [0.05, 0.1) is 5.52 Å². The first-order valence-corrected chi connectivity index (χ1v) is 3.96. The number of hydrogen-bond donors (Lipinski definition) is 1. The minimum Gasteiger partial charge on any atom is -0.382 e. The molecule has 62 valence electrons. The molecule has 0 bridgehead atoms. The van der Waals surface area contributed by atoms with Gasteiger partial charge >= 0.3 is 0 Å². The average Bonchev–Trinajstić information content (AvgIpc) is 2.28. The summed E-state index contributed by atoms with van der Waals surface area (Å²) in [6.45, 7) is 1.90. The minimum atomic E-state index is 0.523. The normalized spacial score (nSPS) is 10.8. The summed E-state index contributed by atoms with van der Waals surface area (Å²) in [7, 11) is 0. The molecule has 3 nitrogen and oxygen atoms in total. The third-order valence-electron chi connectivity index (χ3n) is 1.81. The quantitative estimate of drug-likeness (QED) is 0.675. The third-order valence-corrected chi connectivity index (χ3v) is 2.05. The minimum absolute atomic E-state index is 0.523. The van der Waals surface area contributed by atoms with Crippen molar-refractivity contribution in [1.29, 1.82) is 0 Å². The number of imidazole rings is 1. The number of halogens is 1. The van der Waals surface area contributed by atoms with Gasteiger partial charge in [0.15, 0.2) is 0 Å². The Balaban J connectivity index is 2.90. The molecule has 0 fully saturated rings. The van der Waals surface area contributed by atoms with E-state index in [9.17, 15) is 0 Å². The molecule has 0 unspecified atom stereocenters. The van der Waals surface area contributed by atoms with Crippen molar-refractivity contribution in [2.24, 2.45) is 0 Å². The van der Waals surface area contributed by atoms with Crippen molar-refractivity contribution in [1.82, 2.24) is 9.38 Å².